The number of ether oxygens (including phenoxy) is 4. The van der Waals surface area contributed by atoms with Gasteiger partial charge >= 0.3 is 0 Å². The molecule has 5 heteroatoms. The lowest BCUT2D eigenvalue weighted by atomic mass is 9.97. The molecule has 0 saturated carbocycles. The molecule has 0 aliphatic carbocycles. The van der Waals surface area contributed by atoms with E-state index in [4.69, 9.17) is 18.9 Å². The average molecular weight is 288 g/mol. The molecule has 2 aromatic rings. The van der Waals surface area contributed by atoms with Gasteiger partial charge in [-0.1, -0.05) is 12.1 Å². The van der Waals surface area contributed by atoms with E-state index in [0.29, 0.717) is 0 Å². The Balaban J connectivity index is 2.04. The van der Waals surface area contributed by atoms with Crippen LogP contribution in [0.25, 0.3) is 11.1 Å². The lowest BCUT2D eigenvalue weighted by Gasteiger charge is -2.14. The fourth-order valence-electron chi connectivity index (χ4n) is 2.63. The van der Waals surface area contributed by atoms with Crippen LogP contribution in [0.4, 0.5) is 0 Å². The molecule has 0 aromatic heterocycles. The lowest BCUT2D eigenvalue weighted by Crippen LogP contribution is -2.02. The van der Waals surface area contributed by atoms with Crippen molar-refractivity contribution < 1.29 is 18.9 Å². The first-order chi connectivity index (χ1) is 9.75. The Bertz CT molecular complexity index is 650. The molecule has 0 amide bonds. The molecule has 0 bridgehead atoms. The van der Waals surface area contributed by atoms with Gasteiger partial charge in [-0.2, -0.15) is 0 Å². The third kappa shape index (κ3) is 1.58. The Hall–Kier alpha value is -1.93. The summed E-state index contributed by atoms with van der Waals surface area (Å²) in [7, 11) is 2.74. The second-order valence-corrected chi connectivity index (χ2v) is 5.38. The van der Waals surface area contributed by atoms with Crippen molar-refractivity contribution in [3.63, 3.8) is 0 Å². The highest BCUT2D eigenvalue weighted by molar-refractivity contribution is 7.28. The number of rotatable bonds is 1. The van der Waals surface area contributed by atoms with Crippen LogP contribution >= 0.6 is 9.24 Å². The molecule has 1 atom stereocenters. The first kappa shape index (κ1) is 11.9. The number of benzene rings is 2. The molecule has 2 aliphatic heterocycles. The number of fused-ring (bicyclic) bond motifs is 2. The van der Waals surface area contributed by atoms with Gasteiger partial charge in [0, 0.05) is 11.1 Å². The quantitative estimate of drug-likeness (QED) is 0.756. The van der Waals surface area contributed by atoms with Gasteiger partial charge in [-0.3, -0.25) is 0 Å². The topological polar surface area (TPSA) is 36.9 Å². The van der Waals surface area contributed by atoms with E-state index in [2.05, 4.69) is 16.2 Å². The van der Waals surface area contributed by atoms with Crippen LogP contribution in [-0.4, -0.2) is 13.6 Å². The van der Waals surface area contributed by atoms with Crippen LogP contribution in [0.1, 0.15) is 5.56 Å². The molecule has 2 aliphatic rings. The molecule has 4 rings (SSSR count). The van der Waals surface area contributed by atoms with Gasteiger partial charge < -0.3 is 18.9 Å². The maximum atomic E-state index is 5.65. The molecule has 2 aromatic carbocycles. The summed E-state index contributed by atoms with van der Waals surface area (Å²) in [6.45, 7) is 2.56. The maximum Gasteiger partial charge on any atom is 0.231 e. The van der Waals surface area contributed by atoms with Gasteiger partial charge in [0.2, 0.25) is 13.6 Å². The second kappa shape index (κ2) is 4.29. The molecule has 20 heavy (non-hydrogen) atoms. The summed E-state index contributed by atoms with van der Waals surface area (Å²) in [6.07, 6.45) is 0. The zero-order valence-electron chi connectivity index (χ0n) is 10.9. The SMILES string of the molecule is Cc1ccc2c(c1-c1c(P)ccc3c1OCO3)OCO2. The van der Waals surface area contributed by atoms with Crippen LogP contribution in [0.2, 0.25) is 0 Å². The van der Waals surface area contributed by atoms with Crippen LogP contribution in [0.15, 0.2) is 24.3 Å². The van der Waals surface area contributed by atoms with Crippen molar-refractivity contribution >= 4 is 14.5 Å². The van der Waals surface area contributed by atoms with E-state index in [0.717, 1.165) is 45.0 Å². The van der Waals surface area contributed by atoms with Crippen molar-refractivity contribution in [3.8, 4) is 34.1 Å². The van der Waals surface area contributed by atoms with Crippen LogP contribution in [0.5, 0.6) is 23.0 Å². The summed E-state index contributed by atoms with van der Waals surface area (Å²) < 4.78 is 22.2. The third-order valence-electron chi connectivity index (χ3n) is 3.57. The van der Waals surface area contributed by atoms with Crippen molar-refractivity contribution in [3.05, 3.63) is 29.8 Å². The fraction of sp³-hybridized carbons (Fsp3) is 0.200. The summed E-state index contributed by atoms with van der Waals surface area (Å²) in [5.41, 5.74) is 3.11. The zero-order valence-corrected chi connectivity index (χ0v) is 12.1. The van der Waals surface area contributed by atoms with Crippen molar-refractivity contribution in [2.24, 2.45) is 0 Å². The predicted molar refractivity (Wildman–Crippen MR) is 78.2 cm³/mol. The smallest absolute Gasteiger partial charge is 0.231 e. The summed E-state index contributed by atoms with van der Waals surface area (Å²) >= 11 is 0. The van der Waals surface area contributed by atoms with Gasteiger partial charge in [0.05, 0.1) is 0 Å². The normalized spacial score (nSPS) is 14.7. The van der Waals surface area contributed by atoms with Crippen molar-refractivity contribution in [2.75, 3.05) is 13.6 Å². The summed E-state index contributed by atoms with van der Waals surface area (Å²) in [5.74, 6) is 3.08. The van der Waals surface area contributed by atoms with E-state index in [1.807, 2.05) is 24.3 Å². The van der Waals surface area contributed by atoms with Gasteiger partial charge in [-0.05, 0) is 29.9 Å². The van der Waals surface area contributed by atoms with Gasteiger partial charge in [-0.25, -0.2) is 0 Å². The molecular weight excluding hydrogens is 275 g/mol. The molecule has 0 N–H and O–H groups in total. The molecule has 4 nitrogen and oxygen atoms in total. The maximum absolute atomic E-state index is 5.65. The van der Waals surface area contributed by atoms with E-state index in [1.165, 1.54) is 0 Å². The molecule has 0 spiro atoms. The van der Waals surface area contributed by atoms with E-state index >= 15 is 0 Å². The molecule has 102 valence electrons. The molecule has 0 radical (unpaired) electrons. The Labute approximate surface area is 118 Å². The predicted octanol–water partition coefficient (Wildman–Crippen LogP) is 2.62. The van der Waals surface area contributed by atoms with Crippen LogP contribution in [-0.2, 0) is 0 Å². The highest BCUT2D eigenvalue weighted by Gasteiger charge is 2.27. The van der Waals surface area contributed by atoms with Crippen molar-refractivity contribution in [1.82, 2.24) is 0 Å². The molecule has 1 unspecified atom stereocenters. The van der Waals surface area contributed by atoms with Crippen molar-refractivity contribution in [1.29, 1.82) is 0 Å². The summed E-state index contributed by atoms with van der Waals surface area (Å²) in [4.78, 5) is 0. The fourth-order valence-corrected chi connectivity index (χ4v) is 3.00. The highest BCUT2D eigenvalue weighted by atomic mass is 31.0. The number of aryl methyl sites for hydroxylation is 1. The molecule has 0 fully saturated rings. The third-order valence-corrected chi connectivity index (χ3v) is 4.05. The van der Waals surface area contributed by atoms with Gasteiger partial charge in [-0.15, -0.1) is 9.24 Å². The summed E-state index contributed by atoms with van der Waals surface area (Å²) in [5, 5.41) is 1.04. The van der Waals surface area contributed by atoms with Gasteiger partial charge in [0.25, 0.3) is 0 Å². The number of hydrogen-bond donors (Lipinski definition) is 0. The van der Waals surface area contributed by atoms with Crippen LogP contribution in [0.3, 0.4) is 0 Å². The Morgan fingerprint density at radius 3 is 2.10 bits per heavy atom. The van der Waals surface area contributed by atoms with Crippen molar-refractivity contribution in [2.45, 2.75) is 6.92 Å². The monoisotopic (exact) mass is 288 g/mol. The summed E-state index contributed by atoms with van der Waals surface area (Å²) in [6, 6.07) is 7.89. The molecular formula is C15H13O4P. The highest BCUT2D eigenvalue weighted by Crippen LogP contribution is 2.49. The Morgan fingerprint density at radius 2 is 1.40 bits per heavy atom. The van der Waals surface area contributed by atoms with Crippen LogP contribution in [0, 0.1) is 6.92 Å². The zero-order chi connectivity index (χ0) is 13.7. The largest absolute Gasteiger partial charge is 0.454 e. The van der Waals surface area contributed by atoms with Crippen LogP contribution < -0.4 is 24.3 Å². The lowest BCUT2D eigenvalue weighted by molar-refractivity contribution is 0.173. The minimum atomic E-state index is 0.252. The minimum Gasteiger partial charge on any atom is -0.454 e. The molecule has 2 heterocycles. The van der Waals surface area contributed by atoms with E-state index in [9.17, 15) is 0 Å². The van der Waals surface area contributed by atoms with E-state index in [-0.39, 0.29) is 13.6 Å². The van der Waals surface area contributed by atoms with E-state index < -0.39 is 0 Å². The average Bonchev–Trinajstić information content (AvgIpc) is 3.08. The second-order valence-electron chi connectivity index (χ2n) is 4.75. The minimum absolute atomic E-state index is 0.252. The Morgan fingerprint density at radius 1 is 0.800 bits per heavy atom. The molecule has 0 saturated heterocycles. The number of hydrogen-bond acceptors (Lipinski definition) is 4. The van der Waals surface area contributed by atoms with Gasteiger partial charge in [0.15, 0.2) is 23.0 Å². The van der Waals surface area contributed by atoms with Gasteiger partial charge in [0.1, 0.15) is 0 Å². The van der Waals surface area contributed by atoms with E-state index in [1.54, 1.807) is 0 Å². The standard InChI is InChI=1S/C15H13O4P/c1-8-2-3-9-14(18-6-16-9)12(8)13-11(20)5-4-10-15(13)19-7-17-10/h2-5H,6-7,20H2,1H3. The first-order valence-electron chi connectivity index (χ1n) is 6.33. The first-order valence-corrected chi connectivity index (χ1v) is 6.91. The Kier molecular flexibility index (Phi) is 2.54.